The third-order valence-corrected chi connectivity index (χ3v) is 4.59. The molecule has 3 N–H and O–H groups in total. The third kappa shape index (κ3) is 6.28. The number of hydrogen-bond donors (Lipinski definition) is 3. The summed E-state index contributed by atoms with van der Waals surface area (Å²) in [5, 5.41) is 6.14. The molecule has 136 valence electrons. The zero-order valence-electron chi connectivity index (χ0n) is 14.2. The summed E-state index contributed by atoms with van der Waals surface area (Å²) in [6, 6.07) is 7.58. The number of nitrogens with zero attached hydrogens (tertiary/aromatic N) is 2. The number of aromatic nitrogens is 2. The molecule has 0 saturated carbocycles. The number of benzene rings is 1. The number of anilines is 2. The molecule has 0 bridgehead atoms. The van der Waals surface area contributed by atoms with Crippen molar-refractivity contribution in [1.82, 2.24) is 14.7 Å². The van der Waals surface area contributed by atoms with Gasteiger partial charge in [-0.05, 0) is 19.9 Å². The molecule has 0 atom stereocenters. The largest absolute Gasteiger partial charge is 0.370 e. The van der Waals surface area contributed by atoms with Gasteiger partial charge < -0.3 is 10.6 Å². The monoisotopic (exact) mass is 367 g/mol. The highest BCUT2D eigenvalue weighted by molar-refractivity contribution is 7.88. The summed E-state index contributed by atoms with van der Waals surface area (Å²) in [6.45, 7) is 5.00. The SMILES string of the molecule is CCNc1cc(NCCNS(=O)(=O)Cc2ccccc2F)nc(C)n1. The minimum atomic E-state index is -3.61. The van der Waals surface area contributed by atoms with Crippen molar-refractivity contribution in [2.75, 3.05) is 30.3 Å². The van der Waals surface area contributed by atoms with Crippen molar-refractivity contribution in [2.45, 2.75) is 19.6 Å². The first-order valence-corrected chi connectivity index (χ1v) is 9.59. The van der Waals surface area contributed by atoms with Crippen molar-refractivity contribution >= 4 is 21.7 Å². The van der Waals surface area contributed by atoms with E-state index in [1.165, 1.54) is 18.2 Å². The average molecular weight is 367 g/mol. The van der Waals surface area contributed by atoms with Gasteiger partial charge in [-0.15, -0.1) is 0 Å². The number of nitrogens with one attached hydrogen (secondary N) is 3. The molecule has 0 aliphatic heterocycles. The lowest BCUT2D eigenvalue weighted by Gasteiger charge is -2.10. The van der Waals surface area contributed by atoms with Gasteiger partial charge in [-0.2, -0.15) is 0 Å². The van der Waals surface area contributed by atoms with Crippen LogP contribution in [-0.2, 0) is 15.8 Å². The normalized spacial score (nSPS) is 11.3. The van der Waals surface area contributed by atoms with E-state index in [0.29, 0.717) is 24.0 Å². The van der Waals surface area contributed by atoms with Gasteiger partial charge in [0.1, 0.15) is 23.3 Å². The highest BCUT2D eigenvalue weighted by atomic mass is 32.2. The predicted octanol–water partition coefficient (Wildman–Crippen LogP) is 1.89. The summed E-state index contributed by atoms with van der Waals surface area (Å²) in [7, 11) is -3.61. The van der Waals surface area contributed by atoms with Crippen LogP contribution in [0.25, 0.3) is 0 Å². The van der Waals surface area contributed by atoms with Crippen molar-refractivity contribution < 1.29 is 12.8 Å². The summed E-state index contributed by atoms with van der Waals surface area (Å²) >= 11 is 0. The molecule has 9 heteroatoms. The lowest BCUT2D eigenvalue weighted by atomic mass is 10.2. The molecule has 0 spiro atoms. The maximum absolute atomic E-state index is 13.5. The van der Waals surface area contributed by atoms with Crippen LogP contribution in [0, 0.1) is 12.7 Å². The molecule has 0 aliphatic rings. The van der Waals surface area contributed by atoms with Crippen LogP contribution in [0.4, 0.5) is 16.0 Å². The second kappa shape index (κ2) is 8.72. The molecule has 1 heterocycles. The van der Waals surface area contributed by atoms with Gasteiger partial charge in [0.2, 0.25) is 10.0 Å². The van der Waals surface area contributed by atoms with Crippen molar-refractivity contribution in [2.24, 2.45) is 0 Å². The molecule has 0 radical (unpaired) electrons. The van der Waals surface area contributed by atoms with E-state index in [4.69, 9.17) is 0 Å². The second-order valence-electron chi connectivity index (χ2n) is 5.39. The minimum absolute atomic E-state index is 0.143. The van der Waals surface area contributed by atoms with E-state index >= 15 is 0 Å². The molecule has 0 aliphatic carbocycles. The van der Waals surface area contributed by atoms with E-state index in [-0.39, 0.29) is 12.1 Å². The van der Waals surface area contributed by atoms with E-state index in [0.717, 1.165) is 6.54 Å². The van der Waals surface area contributed by atoms with Gasteiger partial charge in [-0.1, -0.05) is 18.2 Å². The number of hydrogen-bond acceptors (Lipinski definition) is 6. The summed E-state index contributed by atoms with van der Waals surface area (Å²) in [6.07, 6.45) is 0. The molecule has 0 amide bonds. The zero-order chi connectivity index (χ0) is 18.3. The van der Waals surface area contributed by atoms with E-state index in [1.807, 2.05) is 6.92 Å². The lowest BCUT2D eigenvalue weighted by Crippen LogP contribution is -2.30. The van der Waals surface area contributed by atoms with Crippen LogP contribution in [0.15, 0.2) is 30.3 Å². The van der Waals surface area contributed by atoms with E-state index < -0.39 is 21.6 Å². The maximum atomic E-state index is 13.5. The van der Waals surface area contributed by atoms with Crippen molar-refractivity contribution in [3.63, 3.8) is 0 Å². The van der Waals surface area contributed by atoms with Crippen LogP contribution in [0.1, 0.15) is 18.3 Å². The van der Waals surface area contributed by atoms with Crippen molar-refractivity contribution in [3.05, 3.63) is 47.5 Å². The molecule has 25 heavy (non-hydrogen) atoms. The molecule has 1 aromatic carbocycles. The molecule has 1 aromatic heterocycles. The molecule has 0 fully saturated rings. The fourth-order valence-corrected chi connectivity index (χ4v) is 3.36. The molecular formula is C16H22FN5O2S. The molecule has 2 aromatic rings. The summed E-state index contributed by atoms with van der Waals surface area (Å²) in [5.41, 5.74) is 0.143. The van der Waals surface area contributed by atoms with Gasteiger partial charge in [-0.25, -0.2) is 27.5 Å². The first-order valence-electron chi connectivity index (χ1n) is 7.94. The van der Waals surface area contributed by atoms with E-state index in [9.17, 15) is 12.8 Å². The van der Waals surface area contributed by atoms with Gasteiger partial charge in [0.15, 0.2) is 0 Å². The van der Waals surface area contributed by atoms with Crippen molar-refractivity contribution in [3.8, 4) is 0 Å². The van der Waals surface area contributed by atoms with Crippen LogP contribution in [0.2, 0.25) is 0 Å². The number of aryl methyl sites for hydroxylation is 1. The smallest absolute Gasteiger partial charge is 0.215 e. The van der Waals surface area contributed by atoms with Crippen molar-refractivity contribution in [1.29, 1.82) is 0 Å². The lowest BCUT2D eigenvalue weighted by molar-refractivity contribution is 0.575. The number of rotatable bonds is 9. The Morgan fingerprint density at radius 3 is 2.44 bits per heavy atom. The average Bonchev–Trinajstić information content (AvgIpc) is 2.53. The number of sulfonamides is 1. The van der Waals surface area contributed by atoms with Gasteiger partial charge in [-0.3, -0.25) is 0 Å². The Labute approximate surface area is 147 Å². The van der Waals surface area contributed by atoms with E-state index in [2.05, 4.69) is 25.3 Å². The van der Waals surface area contributed by atoms with Gasteiger partial charge in [0.25, 0.3) is 0 Å². The van der Waals surface area contributed by atoms with Crippen LogP contribution in [-0.4, -0.2) is 38.0 Å². The zero-order valence-corrected chi connectivity index (χ0v) is 15.0. The predicted molar refractivity (Wildman–Crippen MR) is 96.4 cm³/mol. The molecule has 0 unspecified atom stereocenters. The molecule has 2 rings (SSSR count). The Balaban J connectivity index is 1.85. The highest BCUT2D eigenvalue weighted by Gasteiger charge is 2.13. The summed E-state index contributed by atoms with van der Waals surface area (Å²) in [4.78, 5) is 8.48. The first-order chi connectivity index (χ1) is 11.9. The van der Waals surface area contributed by atoms with Crippen LogP contribution in [0.3, 0.4) is 0 Å². The number of halogens is 1. The molecular weight excluding hydrogens is 345 g/mol. The standard InChI is InChI=1S/C16H22FN5O2S/c1-3-18-15-10-16(22-12(2)21-15)19-8-9-20-25(23,24)11-13-6-4-5-7-14(13)17/h4-7,10,20H,3,8-9,11H2,1-2H3,(H2,18,19,21,22). The Hall–Kier alpha value is -2.26. The van der Waals surface area contributed by atoms with Gasteiger partial charge in [0, 0.05) is 31.3 Å². The first kappa shape index (κ1) is 19.1. The Kier molecular flexibility index (Phi) is 6.65. The topological polar surface area (TPSA) is 96.0 Å². The van der Waals surface area contributed by atoms with Crippen LogP contribution in [0.5, 0.6) is 0 Å². The van der Waals surface area contributed by atoms with Crippen LogP contribution >= 0.6 is 0 Å². The van der Waals surface area contributed by atoms with Crippen LogP contribution < -0.4 is 15.4 Å². The summed E-state index contributed by atoms with van der Waals surface area (Å²) < 4.78 is 40.0. The summed E-state index contributed by atoms with van der Waals surface area (Å²) in [5.74, 6) is 1.01. The third-order valence-electron chi connectivity index (χ3n) is 3.25. The maximum Gasteiger partial charge on any atom is 0.215 e. The Bertz CT molecular complexity index is 814. The second-order valence-corrected chi connectivity index (χ2v) is 7.19. The van der Waals surface area contributed by atoms with Gasteiger partial charge in [0.05, 0.1) is 5.75 Å². The Morgan fingerprint density at radius 1 is 1.08 bits per heavy atom. The fourth-order valence-electron chi connectivity index (χ4n) is 2.20. The van der Waals surface area contributed by atoms with E-state index in [1.54, 1.807) is 19.1 Å². The fraction of sp³-hybridized carbons (Fsp3) is 0.375. The molecule has 7 nitrogen and oxygen atoms in total. The molecule has 0 saturated heterocycles. The quantitative estimate of drug-likeness (QED) is 0.586. The van der Waals surface area contributed by atoms with Gasteiger partial charge >= 0.3 is 0 Å². The minimum Gasteiger partial charge on any atom is -0.370 e. The highest BCUT2D eigenvalue weighted by Crippen LogP contribution is 2.11. The Morgan fingerprint density at radius 2 is 1.76 bits per heavy atom.